The maximum atomic E-state index is 11.5. The van der Waals surface area contributed by atoms with E-state index in [4.69, 9.17) is 18.9 Å². The number of aromatic nitrogens is 3. The number of ketones is 2. The molecule has 0 aromatic carbocycles. The summed E-state index contributed by atoms with van der Waals surface area (Å²) in [5.74, 6) is 0.477. The Morgan fingerprint density at radius 3 is 2.24 bits per heavy atom. The second-order valence-corrected chi connectivity index (χ2v) is 6.88. The lowest BCUT2D eigenvalue weighted by molar-refractivity contribution is -0.123. The Morgan fingerprint density at radius 2 is 1.55 bits per heavy atom. The minimum Gasteiger partial charge on any atom is -0.379 e. The molecule has 1 heterocycles. The highest BCUT2D eigenvalue weighted by molar-refractivity contribution is 5.80. The van der Waals surface area contributed by atoms with Crippen molar-refractivity contribution < 1.29 is 28.5 Å². The van der Waals surface area contributed by atoms with E-state index < -0.39 is 0 Å². The Balaban J connectivity index is 1.95. The van der Waals surface area contributed by atoms with Crippen molar-refractivity contribution in [3.63, 3.8) is 0 Å². The van der Waals surface area contributed by atoms with Crippen LogP contribution in [-0.4, -0.2) is 72.8 Å². The minimum absolute atomic E-state index is 0.0534. The number of carbonyl (C=O) groups is 2. The van der Waals surface area contributed by atoms with Crippen LogP contribution in [0.5, 0.6) is 0 Å². The van der Waals surface area contributed by atoms with Gasteiger partial charge in [0, 0.05) is 25.2 Å². The zero-order valence-electron chi connectivity index (χ0n) is 17.9. The second kappa shape index (κ2) is 16.2. The largest absolute Gasteiger partial charge is 0.379 e. The number of Topliss-reactive ketones (excluding diaryl/α,β-unsaturated/α-hetero) is 2. The van der Waals surface area contributed by atoms with E-state index in [1.807, 2.05) is 27.0 Å². The van der Waals surface area contributed by atoms with Crippen molar-refractivity contribution in [1.82, 2.24) is 15.0 Å². The number of nitrogens with zero attached hydrogens (tertiary/aromatic N) is 3. The molecule has 9 nitrogen and oxygen atoms in total. The van der Waals surface area contributed by atoms with Crippen molar-refractivity contribution in [3.8, 4) is 0 Å². The Kier molecular flexibility index (Phi) is 14.1. The lowest BCUT2D eigenvalue weighted by atomic mass is 10.1. The molecule has 0 aliphatic carbocycles. The normalized spacial score (nSPS) is 11.3. The van der Waals surface area contributed by atoms with Crippen LogP contribution in [-0.2, 0) is 41.7 Å². The summed E-state index contributed by atoms with van der Waals surface area (Å²) in [5, 5.41) is 8.07. The van der Waals surface area contributed by atoms with Crippen LogP contribution in [0.4, 0.5) is 0 Å². The molecule has 0 bridgehead atoms. The van der Waals surface area contributed by atoms with Crippen molar-refractivity contribution in [2.45, 2.75) is 53.2 Å². The minimum atomic E-state index is 0.0534. The molecule has 0 aliphatic rings. The van der Waals surface area contributed by atoms with E-state index in [1.54, 1.807) is 4.68 Å². The van der Waals surface area contributed by atoms with E-state index in [1.165, 1.54) is 0 Å². The van der Waals surface area contributed by atoms with Crippen LogP contribution in [0.15, 0.2) is 6.20 Å². The second-order valence-electron chi connectivity index (χ2n) is 6.88. The van der Waals surface area contributed by atoms with Gasteiger partial charge in [0.15, 0.2) is 0 Å². The molecule has 1 aromatic rings. The Labute approximate surface area is 173 Å². The van der Waals surface area contributed by atoms with E-state index in [0.29, 0.717) is 78.7 Å². The highest BCUT2D eigenvalue weighted by atomic mass is 16.5. The van der Waals surface area contributed by atoms with Gasteiger partial charge in [-0.25, -0.2) is 4.68 Å². The molecule has 166 valence electrons. The predicted molar refractivity (Wildman–Crippen MR) is 107 cm³/mol. The molecule has 0 fully saturated rings. The van der Waals surface area contributed by atoms with Gasteiger partial charge in [-0.1, -0.05) is 26.0 Å². The van der Waals surface area contributed by atoms with Crippen LogP contribution in [0.3, 0.4) is 0 Å². The molecule has 1 rings (SSSR count). The molecule has 0 atom stereocenters. The number of hydrogen-bond acceptors (Lipinski definition) is 8. The van der Waals surface area contributed by atoms with Crippen molar-refractivity contribution in [1.29, 1.82) is 0 Å². The monoisotopic (exact) mass is 413 g/mol. The molecule has 0 saturated carbocycles. The first-order valence-corrected chi connectivity index (χ1v) is 10.3. The Morgan fingerprint density at radius 1 is 0.931 bits per heavy atom. The van der Waals surface area contributed by atoms with Gasteiger partial charge in [-0.3, -0.25) is 9.59 Å². The zero-order valence-corrected chi connectivity index (χ0v) is 17.9. The smallest absolute Gasteiger partial charge is 0.137 e. The number of rotatable bonds is 19. The van der Waals surface area contributed by atoms with E-state index >= 15 is 0 Å². The topological polar surface area (TPSA) is 102 Å². The Bertz CT molecular complexity index is 576. The predicted octanol–water partition coefficient (Wildman–Crippen LogP) is 1.83. The highest BCUT2D eigenvalue weighted by Gasteiger charge is 2.06. The van der Waals surface area contributed by atoms with Crippen LogP contribution in [0.1, 0.15) is 45.7 Å². The lowest BCUT2D eigenvalue weighted by Crippen LogP contribution is -2.13. The molecule has 0 aliphatic heterocycles. The van der Waals surface area contributed by atoms with Gasteiger partial charge >= 0.3 is 0 Å². The quantitative estimate of drug-likeness (QED) is 0.317. The fraction of sp³-hybridized carbons (Fsp3) is 0.800. The molecule has 0 spiro atoms. The molecule has 9 heteroatoms. The fourth-order valence-electron chi connectivity index (χ4n) is 2.21. The molecule has 1 aromatic heterocycles. The molecule has 0 N–H and O–H groups in total. The van der Waals surface area contributed by atoms with E-state index in [9.17, 15) is 9.59 Å². The van der Waals surface area contributed by atoms with Crippen LogP contribution in [0.25, 0.3) is 0 Å². The van der Waals surface area contributed by atoms with Crippen LogP contribution in [0, 0.1) is 5.92 Å². The van der Waals surface area contributed by atoms with Crippen LogP contribution < -0.4 is 0 Å². The van der Waals surface area contributed by atoms with E-state index in [2.05, 4.69) is 10.3 Å². The van der Waals surface area contributed by atoms with Gasteiger partial charge in [0.25, 0.3) is 0 Å². The lowest BCUT2D eigenvalue weighted by Gasteiger charge is -2.06. The summed E-state index contributed by atoms with van der Waals surface area (Å²) in [4.78, 5) is 22.6. The molecular formula is C20H35N3O6. The summed E-state index contributed by atoms with van der Waals surface area (Å²) in [6.45, 7) is 9.80. The third-order valence-corrected chi connectivity index (χ3v) is 4.10. The Hall–Kier alpha value is -1.68. The average Bonchev–Trinajstić information content (AvgIpc) is 3.16. The van der Waals surface area contributed by atoms with Gasteiger partial charge in [0.05, 0.1) is 65.6 Å². The van der Waals surface area contributed by atoms with Gasteiger partial charge in [-0.15, -0.1) is 5.10 Å². The molecule has 0 saturated heterocycles. The summed E-state index contributed by atoms with van der Waals surface area (Å²) in [7, 11) is 0. The van der Waals surface area contributed by atoms with Gasteiger partial charge in [-0.2, -0.15) is 0 Å². The SMILES string of the molecule is CCC(=O)CCOCCOCCOCc1cn(CCOCCC(=O)C(C)C)nn1. The van der Waals surface area contributed by atoms with Crippen LogP contribution in [0.2, 0.25) is 0 Å². The van der Waals surface area contributed by atoms with Gasteiger partial charge in [0.1, 0.15) is 17.3 Å². The molecule has 0 radical (unpaired) electrons. The first-order chi connectivity index (χ1) is 14.0. The summed E-state index contributed by atoms with van der Waals surface area (Å²) in [6, 6.07) is 0. The maximum Gasteiger partial charge on any atom is 0.137 e. The van der Waals surface area contributed by atoms with Crippen molar-refractivity contribution >= 4 is 11.6 Å². The standard InChI is InChI=1S/C20H35N3O6/c1-4-19(24)5-8-27-11-12-28-13-14-29-16-18-15-23(22-21-18)7-10-26-9-6-20(25)17(2)3/h15,17H,4-14,16H2,1-3H3. The molecule has 29 heavy (non-hydrogen) atoms. The van der Waals surface area contributed by atoms with E-state index in [0.717, 1.165) is 5.69 Å². The molecule has 0 unspecified atom stereocenters. The summed E-state index contributed by atoms with van der Waals surface area (Å²) >= 11 is 0. The number of hydrogen-bond donors (Lipinski definition) is 0. The van der Waals surface area contributed by atoms with Gasteiger partial charge in [0.2, 0.25) is 0 Å². The first-order valence-electron chi connectivity index (χ1n) is 10.3. The molecular weight excluding hydrogens is 378 g/mol. The van der Waals surface area contributed by atoms with Crippen molar-refractivity contribution in [2.75, 3.05) is 46.2 Å². The third kappa shape index (κ3) is 13.2. The van der Waals surface area contributed by atoms with Gasteiger partial charge in [-0.05, 0) is 0 Å². The summed E-state index contributed by atoms with van der Waals surface area (Å²) < 4.78 is 23.4. The van der Waals surface area contributed by atoms with Gasteiger partial charge < -0.3 is 18.9 Å². The van der Waals surface area contributed by atoms with Crippen molar-refractivity contribution in [3.05, 3.63) is 11.9 Å². The highest BCUT2D eigenvalue weighted by Crippen LogP contribution is 2.00. The molecule has 0 amide bonds. The maximum absolute atomic E-state index is 11.5. The fourth-order valence-corrected chi connectivity index (χ4v) is 2.21. The summed E-state index contributed by atoms with van der Waals surface area (Å²) in [6.07, 6.45) is 3.28. The summed E-state index contributed by atoms with van der Waals surface area (Å²) in [5.41, 5.74) is 0.740. The van der Waals surface area contributed by atoms with Crippen molar-refractivity contribution in [2.24, 2.45) is 5.92 Å². The third-order valence-electron chi connectivity index (χ3n) is 4.10. The number of ether oxygens (including phenoxy) is 4. The van der Waals surface area contributed by atoms with E-state index in [-0.39, 0.29) is 17.5 Å². The zero-order chi connectivity index (χ0) is 21.3. The first kappa shape index (κ1) is 25.4. The number of carbonyl (C=O) groups excluding carboxylic acids is 2. The average molecular weight is 414 g/mol. The van der Waals surface area contributed by atoms with Crippen LogP contribution >= 0.6 is 0 Å².